The van der Waals surface area contributed by atoms with Crippen LogP contribution in [-0.2, 0) is 0 Å². The first kappa shape index (κ1) is 12.3. The standard InChI is InChI=1S/C13H16N2O/c1-4-15(9-8-14)13(16)12-10(2)6-5-7-11(12)3/h5-7H,4,9H2,1-3H3. The summed E-state index contributed by atoms with van der Waals surface area (Å²) >= 11 is 0. The van der Waals surface area contributed by atoms with E-state index in [1.54, 1.807) is 4.90 Å². The highest BCUT2D eigenvalue weighted by Gasteiger charge is 2.17. The first-order valence-corrected chi connectivity index (χ1v) is 5.34. The first-order chi connectivity index (χ1) is 7.61. The van der Waals surface area contributed by atoms with E-state index in [0.717, 1.165) is 16.7 Å². The predicted molar refractivity (Wildman–Crippen MR) is 63.1 cm³/mol. The average molecular weight is 216 g/mol. The van der Waals surface area contributed by atoms with Gasteiger partial charge in [0.25, 0.3) is 5.91 Å². The SMILES string of the molecule is CCN(CC#N)C(=O)c1c(C)cccc1C. The molecule has 0 atom stereocenters. The Morgan fingerprint density at radius 2 is 1.94 bits per heavy atom. The largest absolute Gasteiger partial charge is 0.326 e. The van der Waals surface area contributed by atoms with Gasteiger partial charge in [0, 0.05) is 12.1 Å². The fourth-order valence-corrected chi connectivity index (χ4v) is 1.72. The minimum Gasteiger partial charge on any atom is -0.326 e. The van der Waals surface area contributed by atoms with Crippen LogP contribution in [0, 0.1) is 25.2 Å². The van der Waals surface area contributed by atoms with Crippen molar-refractivity contribution >= 4 is 5.91 Å². The van der Waals surface area contributed by atoms with Crippen molar-refractivity contribution in [3.63, 3.8) is 0 Å². The first-order valence-electron chi connectivity index (χ1n) is 5.34. The summed E-state index contributed by atoms with van der Waals surface area (Å²) in [5, 5.41) is 8.66. The summed E-state index contributed by atoms with van der Waals surface area (Å²) in [6, 6.07) is 7.78. The highest BCUT2D eigenvalue weighted by Crippen LogP contribution is 2.15. The van der Waals surface area contributed by atoms with Crippen LogP contribution in [0.5, 0.6) is 0 Å². The van der Waals surface area contributed by atoms with Crippen molar-refractivity contribution in [1.82, 2.24) is 4.90 Å². The van der Waals surface area contributed by atoms with Crippen LogP contribution < -0.4 is 0 Å². The van der Waals surface area contributed by atoms with Crippen molar-refractivity contribution in [1.29, 1.82) is 5.26 Å². The van der Waals surface area contributed by atoms with Gasteiger partial charge in [-0.3, -0.25) is 4.79 Å². The van der Waals surface area contributed by atoms with Gasteiger partial charge in [0.2, 0.25) is 0 Å². The van der Waals surface area contributed by atoms with Crippen LogP contribution in [0.1, 0.15) is 28.4 Å². The molecule has 0 aromatic heterocycles. The second-order valence-corrected chi connectivity index (χ2v) is 3.74. The van der Waals surface area contributed by atoms with E-state index < -0.39 is 0 Å². The lowest BCUT2D eigenvalue weighted by molar-refractivity contribution is 0.0782. The molecule has 1 aromatic rings. The molecule has 0 N–H and O–H groups in total. The maximum atomic E-state index is 12.2. The number of carbonyl (C=O) groups excluding carboxylic acids is 1. The van der Waals surface area contributed by atoms with E-state index in [1.807, 2.05) is 45.0 Å². The van der Waals surface area contributed by atoms with Crippen molar-refractivity contribution in [2.24, 2.45) is 0 Å². The van der Waals surface area contributed by atoms with E-state index in [9.17, 15) is 4.79 Å². The van der Waals surface area contributed by atoms with Crippen molar-refractivity contribution in [2.45, 2.75) is 20.8 Å². The number of nitriles is 1. The quantitative estimate of drug-likeness (QED) is 0.727. The van der Waals surface area contributed by atoms with Crippen LogP contribution in [0.15, 0.2) is 18.2 Å². The molecular formula is C13H16N2O. The van der Waals surface area contributed by atoms with Gasteiger partial charge in [-0.2, -0.15) is 5.26 Å². The molecule has 1 aromatic carbocycles. The molecule has 3 heteroatoms. The van der Waals surface area contributed by atoms with E-state index in [4.69, 9.17) is 5.26 Å². The second-order valence-electron chi connectivity index (χ2n) is 3.74. The highest BCUT2D eigenvalue weighted by molar-refractivity contribution is 5.97. The summed E-state index contributed by atoms with van der Waals surface area (Å²) in [6.45, 7) is 6.41. The summed E-state index contributed by atoms with van der Waals surface area (Å²) in [5.41, 5.74) is 2.64. The molecule has 3 nitrogen and oxygen atoms in total. The lowest BCUT2D eigenvalue weighted by Crippen LogP contribution is -2.32. The number of hydrogen-bond acceptors (Lipinski definition) is 2. The molecule has 0 saturated carbocycles. The van der Waals surface area contributed by atoms with E-state index in [-0.39, 0.29) is 12.5 Å². The molecule has 0 aliphatic carbocycles. The predicted octanol–water partition coefficient (Wildman–Crippen LogP) is 2.29. The summed E-state index contributed by atoms with van der Waals surface area (Å²) in [7, 11) is 0. The Morgan fingerprint density at radius 3 is 2.38 bits per heavy atom. The number of rotatable bonds is 3. The number of hydrogen-bond donors (Lipinski definition) is 0. The number of nitrogens with zero attached hydrogens (tertiary/aromatic N) is 2. The highest BCUT2D eigenvalue weighted by atomic mass is 16.2. The Balaban J connectivity index is 3.09. The molecule has 16 heavy (non-hydrogen) atoms. The smallest absolute Gasteiger partial charge is 0.255 e. The summed E-state index contributed by atoms with van der Waals surface area (Å²) < 4.78 is 0. The zero-order valence-corrected chi connectivity index (χ0v) is 9.95. The second kappa shape index (κ2) is 5.32. The van der Waals surface area contributed by atoms with Gasteiger partial charge in [0.15, 0.2) is 0 Å². The average Bonchev–Trinajstić information content (AvgIpc) is 2.25. The van der Waals surface area contributed by atoms with Crippen molar-refractivity contribution < 1.29 is 4.79 Å². The number of aryl methyl sites for hydroxylation is 2. The molecule has 0 bridgehead atoms. The molecule has 0 aliphatic heterocycles. The third kappa shape index (κ3) is 2.40. The topological polar surface area (TPSA) is 44.1 Å². The summed E-state index contributed by atoms with van der Waals surface area (Å²) in [5.74, 6) is -0.0559. The minimum absolute atomic E-state index is 0.0559. The van der Waals surface area contributed by atoms with Crippen LogP contribution in [0.3, 0.4) is 0 Å². The number of benzene rings is 1. The third-order valence-electron chi connectivity index (χ3n) is 2.63. The van der Waals surface area contributed by atoms with Gasteiger partial charge in [0.1, 0.15) is 6.54 Å². The fourth-order valence-electron chi connectivity index (χ4n) is 1.72. The van der Waals surface area contributed by atoms with E-state index in [2.05, 4.69) is 0 Å². The molecule has 0 heterocycles. The number of amides is 1. The Bertz CT molecular complexity index is 412. The van der Waals surface area contributed by atoms with E-state index >= 15 is 0 Å². The van der Waals surface area contributed by atoms with Crippen LogP contribution >= 0.6 is 0 Å². The maximum absolute atomic E-state index is 12.2. The lowest BCUT2D eigenvalue weighted by atomic mass is 10.0. The fraction of sp³-hybridized carbons (Fsp3) is 0.385. The van der Waals surface area contributed by atoms with Crippen molar-refractivity contribution in [2.75, 3.05) is 13.1 Å². The van der Waals surface area contributed by atoms with Crippen LogP contribution in [-0.4, -0.2) is 23.9 Å². The normalized spacial score (nSPS) is 9.62. The van der Waals surface area contributed by atoms with Gasteiger partial charge in [-0.05, 0) is 31.9 Å². The van der Waals surface area contributed by atoms with E-state index in [0.29, 0.717) is 6.54 Å². The van der Waals surface area contributed by atoms with Crippen LogP contribution in [0.4, 0.5) is 0 Å². The molecular weight excluding hydrogens is 200 g/mol. The summed E-state index contributed by atoms with van der Waals surface area (Å²) in [6.07, 6.45) is 0. The number of carbonyl (C=O) groups is 1. The third-order valence-corrected chi connectivity index (χ3v) is 2.63. The molecule has 0 unspecified atom stereocenters. The molecule has 1 rings (SSSR count). The van der Waals surface area contributed by atoms with E-state index in [1.165, 1.54) is 0 Å². The van der Waals surface area contributed by atoms with Crippen molar-refractivity contribution in [3.8, 4) is 6.07 Å². The minimum atomic E-state index is -0.0559. The lowest BCUT2D eigenvalue weighted by Gasteiger charge is -2.19. The van der Waals surface area contributed by atoms with Crippen molar-refractivity contribution in [3.05, 3.63) is 34.9 Å². The molecule has 0 spiro atoms. The van der Waals surface area contributed by atoms with Gasteiger partial charge in [-0.15, -0.1) is 0 Å². The molecule has 84 valence electrons. The maximum Gasteiger partial charge on any atom is 0.255 e. The molecule has 0 fully saturated rings. The molecule has 1 amide bonds. The molecule has 0 saturated heterocycles. The van der Waals surface area contributed by atoms with Gasteiger partial charge < -0.3 is 4.90 Å². The zero-order chi connectivity index (χ0) is 12.1. The Hall–Kier alpha value is -1.82. The van der Waals surface area contributed by atoms with Gasteiger partial charge in [-0.1, -0.05) is 18.2 Å². The van der Waals surface area contributed by atoms with Crippen LogP contribution in [0.2, 0.25) is 0 Å². The zero-order valence-electron chi connectivity index (χ0n) is 9.95. The summed E-state index contributed by atoms with van der Waals surface area (Å²) in [4.78, 5) is 13.7. The molecule has 0 radical (unpaired) electrons. The van der Waals surface area contributed by atoms with Gasteiger partial charge >= 0.3 is 0 Å². The van der Waals surface area contributed by atoms with Gasteiger partial charge in [-0.25, -0.2) is 0 Å². The van der Waals surface area contributed by atoms with Crippen LogP contribution in [0.25, 0.3) is 0 Å². The monoisotopic (exact) mass is 216 g/mol. The Labute approximate surface area is 96.3 Å². The Morgan fingerprint density at radius 1 is 1.38 bits per heavy atom. The Kier molecular flexibility index (Phi) is 4.07. The van der Waals surface area contributed by atoms with Gasteiger partial charge in [0.05, 0.1) is 6.07 Å². The molecule has 0 aliphatic rings.